The highest BCUT2D eigenvalue weighted by molar-refractivity contribution is 14.0. The van der Waals surface area contributed by atoms with Crippen molar-refractivity contribution in [1.29, 1.82) is 0 Å². The van der Waals surface area contributed by atoms with Crippen molar-refractivity contribution in [2.24, 2.45) is 4.99 Å². The van der Waals surface area contributed by atoms with Crippen molar-refractivity contribution in [3.63, 3.8) is 0 Å². The molecule has 0 aromatic carbocycles. The average Bonchev–Trinajstić information content (AvgIpc) is 3.40. The van der Waals surface area contributed by atoms with Crippen LogP contribution < -0.4 is 10.6 Å². The number of thiophene rings is 1. The third-order valence-electron chi connectivity index (χ3n) is 4.78. The van der Waals surface area contributed by atoms with Crippen LogP contribution in [0, 0.1) is 0 Å². The van der Waals surface area contributed by atoms with Gasteiger partial charge in [0.25, 0.3) is 0 Å². The average molecular weight is 550 g/mol. The molecule has 1 saturated heterocycles. The fourth-order valence-electron chi connectivity index (χ4n) is 3.21. The van der Waals surface area contributed by atoms with Gasteiger partial charge >= 0.3 is 0 Å². The lowest BCUT2D eigenvalue weighted by Crippen LogP contribution is -2.46. The van der Waals surface area contributed by atoms with E-state index >= 15 is 0 Å². The van der Waals surface area contributed by atoms with E-state index in [0.29, 0.717) is 12.0 Å². The lowest BCUT2D eigenvalue weighted by atomic mass is 10.2. The second kappa shape index (κ2) is 12.8. The number of morpholine rings is 1. The normalized spacial score (nSPS) is 16.5. The monoisotopic (exact) mass is 549 g/mol. The van der Waals surface area contributed by atoms with E-state index in [1.54, 1.807) is 11.3 Å². The number of guanidine groups is 1. The van der Waals surface area contributed by atoms with Crippen LogP contribution in [0.1, 0.15) is 41.4 Å². The highest BCUT2D eigenvalue weighted by Gasteiger charge is 2.23. The van der Waals surface area contributed by atoms with Gasteiger partial charge in [0.15, 0.2) is 5.96 Å². The standard InChI is InChI=1S/C20H31N5OS2.HI/c1-15(2)19-24-16(14-28-19)6-7-22-20(21-3)23-13-17(18-5-4-12-27-18)25-8-10-26-11-9-25;/h4-5,12,14-15,17H,6-11,13H2,1-3H3,(H2,21,22,23);1H. The highest BCUT2D eigenvalue weighted by Crippen LogP contribution is 2.25. The maximum atomic E-state index is 5.53. The first-order chi connectivity index (χ1) is 13.7. The summed E-state index contributed by atoms with van der Waals surface area (Å²) in [6.07, 6.45) is 0.905. The van der Waals surface area contributed by atoms with Crippen molar-refractivity contribution in [2.45, 2.75) is 32.2 Å². The Morgan fingerprint density at radius 3 is 2.69 bits per heavy atom. The van der Waals surface area contributed by atoms with Crippen LogP contribution in [-0.4, -0.2) is 62.3 Å². The molecule has 1 unspecified atom stereocenters. The van der Waals surface area contributed by atoms with Crippen LogP contribution in [0.25, 0.3) is 0 Å². The maximum Gasteiger partial charge on any atom is 0.191 e. The van der Waals surface area contributed by atoms with Crippen molar-refractivity contribution in [1.82, 2.24) is 20.5 Å². The summed E-state index contributed by atoms with van der Waals surface area (Å²) in [4.78, 5) is 13.0. The number of halogens is 1. The Bertz CT molecular complexity index is 729. The topological polar surface area (TPSA) is 61.8 Å². The summed E-state index contributed by atoms with van der Waals surface area (Å²) in [6, 6.07) is 4.69. The molecule has 1 aliphatic heterocycles. The summed E-state index contributed by atoms with van der Waals surface area (Å²) in [5.74, 6) is 1.34. The van der Waals surface area contributed by atoms with Gasteiger partial charge in [-0.3, -0.25) is 9.89 Å². The second-order valence-electron chi connectivity index (χ2n) is 7.14. The van der Waals surface area contributed by atoms with E-state index < -0.39 is 0 Å². The SMILES string of the molecule is CN=C(NCCc1csc(C(C)C)n1)NCC(c1cccs1)N1CCOCC1.I. The van der Waals surface area contributed by atoms with E-state index in [1.165, 1.54) is 9.88 Å². The van der Waals surface area contributed by atoms with Gasteiger partial charge in [-0.2, -0.15) is 0 Å². The van der Waals surface area contributed by atoms with Crippen LogP contribution in [-0.2, 0) is 11.2 Å². The van der Waals surface area contributed by atoms with Crippen LogP contribution in [0.2, 0.25) is 0 Å². The van der Waals surface area contributed by atoms with E-state index in [-0.39, 0.29) is 24.0 Å². The molecule has 0 spiro atoms. The summed E-state index contributed by atoms with van der Waals surface area (Å²) < 4.78 is 5.53. The van der Waals surface area contributed by atoms with Gasteiger partial charge in [0.05, 0.1) is 30.0 Å². The molecule has 0 aliphatic carbocycles. The number of nitrogens with one attached hydrogen (secondary N) is 2. The van der Waals surface area contributed by atoms with Crippen LogP contribution >= 0.6 is 46.7 Å². The fraction of sp³-hybridized carbons (Fsp3) is 0.600. The molecule has 2 aromatic rings. The van der Waals surface area contributed by atoms with Gasteiger partial charge in [-0.1, -0.05) is 19.9 Å². The highest BCUT2D eigenvalue weighted by atomic mass is 127. The summed E-state index contributed by atoms with van der Waals surface area (Å²) in [7, 11) is 1.82. The zero-order valence-electron chi connectivity index (χ0n) is 17.4. The van der Waals surface area contributed by atoms with Gasteiger partial charge < -0.3 is 15.4 Å². The molecule has 2 aromatic heterocycles. The molecule has 0 bridgehead atoms. The smallest absolute Gasteiger partial charge is 0.191 e. The van der Waals surface area contributed by atoms with Gasteiger partial charge in [-0.05, 0) is 11.4 Å². The van der Waals surface area contributed by atoms with Crippen LogP contribution in [0.15, 0.2) is 27.9 Å². The van der Waals surface area contributed by atoms with Gasteiger partial charge in [-0.25, -0.2) is 4.98 Å². The molecule has 9 heteroatoms. The Morgan fingerprint density at radius 2 is 2.07 bits per heavy atom. The van der Waals surface area contributed by atoms with Crippen molar-refractivity contribution in [3.05, 3.63) is 38.5 Å². The van der Waals surface area contributed by atoms with Crippen LogP contribution in [0.4, 0.5) is 0 Å². The third-order valence-corrected chi connectivity index (χ3v) is 6.95. The molecule has 1 atom stereocenters. The Kier molecular flexibility index (Phi) is 10.9. The van der Waals surface area contributed by atoms with Gasteiger partial charge in [0.1, 0.15) is 0 Å². The molecule has 1 fully saturated rings. The molecular weight excluding hydrogens is 517 g/mol. The number of thiazole rings is 1. The number of aliphatic imine (C=N–C) groups is 1. The molecule has 1 aliphatic rings. The van der Waals surface area contributed by atoms with Crippen molar-refractivity contribution < 1.29 is 4.74 Å². The van der Waals surface area contributed by atoms with Crippen molar-refractivity contribution in [2.75, 3.05) is 46.4 Å². The molecule has 6 nitrogen and oxygen atoms in total. The van der Waals surface area contributed by atoms with E-state index in [4.69, 9.17) is 9.72 Å². The summed E-state index contributed by atoms with van der Waals surface area (Å²) in [5.41, 5.74) is 1.15. The molecular formula is C20H32IN5OS2. The lowest BCUT2D eigenvalue weighted by molar-refractivity contribution is 0.0177. The minimum Gasteiger partial charge on any atom is -0.379 e. The number of rotatable bonds is 8. The Balaban J connectivity index is 0.00000300. The first-order valence-electron chi connectivity index (χ1n) is 9.91. The predicted molar refractivity (Wildman–Crippen MR) is 134 cm³/mol. The number of hydrogen-bond donors (Lipinski definition) is 2. The summed E-state index contributed by atoms with van der Waals surface area (Å²) in [6.45, 7) is 9.57. The van der Waals surface area contributed by atoms with E-state index in [9.17, 15) is 0 Å². The molecule has 2 N–H and O–H groups in total. The first kappa shape index (κ1) is 24.5. The molecule has 0 amide bonds. The lowest BCUT2D eigenvalue weighted by Gasteiger charge is -2.34. The van der Waals surface area contributed by atoms with Gasteiger partial charge in [-0.15, -0.1) is 46.7 Å². The third kappa shape index (κ3) is 7.46. The number of aromatic nitrogens is 1. The van der Waals surface area contributed by atoms with Gasteiger partial charge in [0.2, 0.25) is 0 Å². The fourth-order valence-corrected chi connectivity index (χ4v) is 4.94. The van der Waals surface area contributed by atoms with Crippen LogP contribution in [0.5, 0.6) is 0 Å². The Labute approximate surface area is 199 Å². The minimum absolute atomic E-state index is 0. The molecule has 0 saturated carbocycles. The summed E-state index contributed by atoms with van der Waals surface area (Å²) >= 11 is 3.57. The Morgan fingerprint density at radius 1 is 1.28 bits per heavy atom. The molecule has 3 rings (SSSR count). The molecule has 162 valence electrons. The number of hydrogen-bond acceptors (Lipinski definition) is 6. The predicted octanol–water partition coefficient (Wildman–Crippen LogP) is 3.73. The first-order valence-corrected chi connectivity index (χ1v) is 11.7. The maximum absolute atomic E-state index is 5.53. The van der Waals surface area contributed by atoms with Gasteiger partial charge in [0, 0.05) is 55.8 Å². The largest absolute Gasteiger partial charge is 0.379 e. The molecule has 0 radical (unpaired) electrons. The van der Waals surface area contributed by atoms with E-state index in [1.807, 2.05) is 18.4 Å². The molecule has 29 heavy (non-hydrogen) atoms. The number of ether oxygens (including phenoxy) is 1. The van der Waals surface area contributed by atoms with Crippen molar-refractivity contribution in [3.8, 4) is 0 Å². The quantitative estimate of drug-likeness (QED) is 0.299. The zero-order valence-corrected chi connectivity index (χ0v) is 21.4. The Hall–Kier alpha value is -0.750. The zero-order chi connectivity index (χ0) is 19.8. The second-order valence-corrected chi connectivity index (χ2v) is 9.01. The van der Waals surface area contributed by atoms with Crippen molar-refractivity contribution >= 4 is 52.6 Å². The van der Waals surface area contributed by atoms with Crippen LogP contribution in [0.3, 0.4) is 0 Å². The van der Waals surface area contributed by atoms with E-state index in [0.717, 1.165) is 57.5 Å². The molecule has 3 heterocycles. The minimum atomic E-state index is 0. The summed E-state index contributed by atoms with van der Waals surface area (Å²) in [5, 5.41) is 12.5. The number of nitrogens with zero attached hydrogens (tertiary/aromatic N) is 3. The van der Waals surface area contributed by atoms with E-state index in [2.05, 4.69) is 57.3 Å².